The minimum atomic E-state index is -1.02. The lowest BCUT2D eigenvalue weighted by molar-refractivity contribution is -0.126. The van der Waals surface area contributed by atoms with Gasteiger partial charge in [0.25, 0.3) is 5.91 Å². The molecule has 2 aromatic carbocycles. The summed E-state index contributed by atoms with van der Waals surface area (Å²) in [7, 11) is 0. The number of rotatable bonds is 9. The van der Waals surface area contributed by atoms with Gasteiger partial charge in [-0.25, -0.2) is 0 Å². The van der Waals surface area contributed by atoms with Crippen LogP contribution in [-0.2, 0) is 14.3 Å². The van der Waals surface area contributed by atoms with Gasteiger partial charge < -0.3 is 29.3 Å². The Balaban J connectivity index is 1.46. The van der Waals surface area contributed by atoms with Crippen LogP contribution in [0.25, 0.3) is 0 Å². The molecule has 0 spiro atoms. The Labute approximate surface area is 213 Å². The van der Waals surface area contributed by atoms with Crippen LogP contribution >= 0.6 is 0 Å². The smallest absolute Gasteiger partial charge is 0.287 e. The van der Waals surface area contributed by atoms with Gasteiger partial charge in [-0.3, -0.25) is 19.3 Å². The van der Waals surface area contributed by atoms with E-state index < -0.39 is 17.9 Å². The van der Waals surface area contributed by atoms with E-state index in [1.807, 2.05) is 6.07 Å². The van der Waals surface area contributed by atoms with Crippen molar-refractivity contribution in [2.75, 3.05) is 31.4 Å². The fraction of sp³-hybridized carbons (Fsp3) is 0.296. The lowest BCUT2D eigenvalue weighted by atomic mass is 10.0. The Morgan fingerprint density at radius 1 is 0.973 bits per heavy atom. The van der Waals surface area contributed by atoms with Crippen molar-refractivity contribution in [2.45, 2.75) is 25.0 Å². The predicted octanol–water partition coefficient (Wildman–Crippen LogP) is 2.81. The van der Waals surface area contributed by atoms with Gasteiger partial charge in [-0.05, 0) is 42.7 Å². The van der Waals surface area contributed by atoms with E-state index in [2.05, 4.69) is 10.6 Å². The normalized spacial score (nSPS) is 16.7. The van der Waals surface area contributed by atoms with Gasteiger partial charge in [-0.15, -0.1) is 0 Å². The molecule has 3 amide bonds. The molecular formula is C27H27N3O7. The molecule has 192 valence electrons. The summed E-state index contributed by atoms with van der Waals surface area (Å²) >= 11 is 0. The average Bonchev–Trinajstić information content (AvgIpc) is 3.72. The van der Waals surface area contributed by atoms with Crippen LogP contribution in [0, 0.1) is 0 Å². The van der Waals surface area contributed by atoms with Crippen LogP contribution < -0.4 is 25.0 Å². The SMILES string of the molecule is O=C(NCC(=O)N(c1ccc2c(c1)OCO2)[C@@H](C(=O)NC[C@H]1CCCO1)c1ccccc1)c1ccco1. The molecule has 3 heterocycles. The molecule has 10 heteroatoms. The zero-order chi connectivity index (χ0) is 25.6. The minimum absolute atomic E-state index is 0.0654. The summed E-state index contributed by atoms with van der Waals surface area (Å²) in [5.74, 6) is -0.327. The first kappa shape index (κ1) is 24.4. The largest absolute Gasteiger partial charge is 0.459 e. The van der Waals surface area contributed by atoms with Crippen molar-refractivity contribution >= 4 is 23.4 Å². The van der Waals surface area contributed by atoms with E-state index >= 15 is 0 Å². The molecule has 1 fully saturated rings. The van der Waals surface area contributed by atoms with Gasteiger partial charge in [0.15, 0.2) is 17.3 Å². The van der Waals surface area contributed by atoms with Crippen LogP contribution in [0.1, 0.15) is 35.0 Å². The summed E-state index contributed by atoms with van der Waals surface area (Å²) in [5.41, 5.74) is 1.03. The number of hydrogen-bond donors (Lipinski definition) is 2. The van der Waals surface area contributed by atoms with E-state index in [1.54, 1.807) is 48.5 Å². The van der Waals surface area contributed by atoms with Gasteiger partial charge in [0.05, 0.1) is 18.9 Å². The molecule has 3 aromatic rings. The molecule has 37 heavy (non-hydrogen) atoms. The molecule has 0 bridgehead atoms. The quantitative estimate of drug-likeness (QED) is 0.459. The maximum atomic E-state index is 13.7. The van der Waals surface area contributed by atoms with Crippen molar-refractivity contribution in [3.63, 3.8) is 0 Å². The number of amides is 3. The molecule has 2 aliphatic rings. The van der Waals surface area contributed by atoms with E-state index in [1.165, 1.54) is 17.2 Å². The van der Waals surface area contributed by atoms with Gasteiger partial charge in [-0.1, -0.05) is 30.3 Å². The van der Waals surface area contributed by atoms with Gasteiger partial charge in [0.1, 0.15) is 6.04 Å². The Hall–Kier alpha value is -4.31. The number of carbonyl (C=O) groups is 3. The van der Waals surface area contributed by atoms with Crippen LogP contribution in [0.3, 0.4) is 0 Å². The zero-order valence-electron chi connectivity index (χ0n) is 20.1. The molecule has 1 aromatic heterocycles. The number of nitrogens with one attached hydrogen (secondary N) is 2. The van der Waals surface area contributed by atoms with Crippen molar-refractivity contribution < 1.29 is 33.0 Å². The summed E-state index contributed by atoms with van der Waals surface area (Å²) < 4.78 is 21.7. The van der Waals surface area contributed by atoms with E-state index in [9.17, 15) is 14.4 Å². The lowest BCUT2D eigenvalue weighted by Gasteiger charge is -2.32. The molecule has 0 saturated carbocycles. The summed E-state index contributed by atoms with van der Waals surface area (Å²) in [6, 6.07) is 16.1. The minimum Gasteiger partial charge on any atom is -0.459 e. The standard InChI is InChI=1S/C27H27N3O7/c31-24(16-29-26(32)22-9-5-13-35-22)30(19-10-11-21-23(14-19)37-17-36-21)25(18-6-2-1-3-7-18)27(33)28-15-20-8-4-12-34-20/h1-3,5-7,9-11,13-14,20,25H,4,8,12,15-17H2,(H,28,33)(H,29,32)/t20-,25-/m1/s1. The van der Waals surface area contributed by atoms with Crippen LogP contribution in [0.5, 0.6) is 11.5 Å². The summed E-state index contributed by atoms with van der Waals surface area (Å²) in [6.07, 6.45) is 3.11. The summed E-state index contributed by atoms with van der Waals surface area (Å²) in [6.45, 7) is 0.701. The van der Waals surface area contributed by atoms with Crippen LogP contribution in [0.15, 0.2) is 71.3 Å². The number of nitrogens with zero attached hydrogens (tertiary/aromatic N) is 1. The topological polar surface area (TPSA) is 119 Å². The molecule has 0 radical (unpaired) electrons. The van der Waals surface area contributed by atoms with Crippen LogP contribution in [0.2, 0.25) is 0 Å². The maximum Gasteiger partial charge on any atom is 0.287 e. The van der Waals surface area contributed by atoms with Gasteiger partial charge in [0, 0.05) is 24.9 Å². The number of ether oxygens (including phenoxy) is 3. The number of fused-ring (bicyclic) bond motifs is 1. The first-order valence-corrected chi connectivity index (χ1v) is 12.1. The van der Waals surface area contributed by atoms with E-state index in [-0.39, 0.29) is 31.1 Å². The second-order valence-electron chi connectivity index (χ2n) is 8.65. The van der Waals surface area contributed by atoms with E-state index in [0.717, 1.165) is 12.8 Å². The van der Waals surface area contributed by atoms with Crippen molar-refractivity contribution in [3.05, 3.63) is 78.3 Å². The van der Waals surface area contributed by atoms with Crippen molar-refractivity contribution in [2.24, 2.45) is 0 Å². The second kappa shape index (κ2) is 11.2. The molecule has 0 unspecified atom stereocenters. The molecule has 10 nitrogen and oxygen atoms in total. The second-order valence-corrected chi connectivity index (χ2v) is 8.65. The highest BCUT2D eigenvalue weighted by Gasteiger charge is 2.34. The van der Waals surface area contributed by atoms with Crippen molar-refractivity contribution in [1.82, 2.24) is 10.6 Å². The fourth-order valence-electron chi connectivity index (χ4n) is 4.38. The van der Waals surface area contributed by atoms with Crippen molar-refractivity contribution in [3.8, 4) is 11.5 Å². The molecule has 2 aliphatic heterocycles. The third-order valence-corrected chi connectivity index (χ3v) is 6.20. The Kier molecular flexibility index (Phi) is 7.36. The van der Waals surface area contributed by atoms with Crippen LogP contribution in [-0.4, -0.2) is 50.3 Å². The fourth-order valence-corrected chi connectivity index (χ4v) is 4.38. The Morgan fingerprint density at radius 2 is 1.81 bits per heavy atom. The van der Waals surface area contributed by atoms with E-state index in [4.69, 9.17) is 18.6 Å². The van der Waals surface area contributed by atoms with Crippen LogP contribution in [0.4, 0.5) is 5.69 Å². The highest BCUT2D eigenvalue weighted by molar-refractivity contribution is 6.04. The number of furan rings is 1. The molecule has 2 N–H and O–H groups in total. The monoisotopic (exact) mass is 505 g/mol. The van der Waals surface area contributed by atoms with Gasteiger partial charge in [-0.2, -0.15) is 0 Å². The number of benzene rings is 2. The van der Waals surface area contributed by atoms with Gasteiger partial charge >= 0.3 is 0 Å². The first-order valence-electron chi connectivity index (χ1n) is 12.1. The number of hydrogen-bond acceptors (Lipinski definition) is 7. The highest BCUT2D eigenvalue weighted by Crippen LogP contribution is 2.38. The highest BCUT2D eigenvalue weighted by atomic mass is 16.7. The van der Waals surface area contributed by atoms with E-state index in [0.29, 0.717) is 35.9 Å². The summed E-state index contributed by atoms with van der Waals surface area (Å²) in [4.78, 5) is 41.2. The lowest BCUT2D eigenvalue weighted by Crippen LogP contribution is -2.48. The molecular weight excluding hydrogens is 478 g/mol. The first-order chi connectivity index (χ1) is 18.1. The predicted molar refractivity (Wildman–Crippen MR) is 132 cm³/mol. The summed E-state index contributed by atoms with van der Waals surface area (Å²) in [5, 5.41) is 5.53. The maximum absolute atomic E-state index is 13.7. The molecule has 0 aliphatic carbocycles. The number of anilines is 1. The Bertz CT molecular complexity index is 1240. The molecule has 5 rings (SSSR count). The van der Waals surface area contributed by atoms with Crippen molar-refractivity contribution in [1.29, 1.82) is 0 Å². The van der Waals surface area contributed by atoms with Gasteiger partial charge in [0.2, 0.25) is 18.6 Å². The Morgan fingerprint density at radius 3 is 2.57 bits per heavy atom. The average molecular weight is 506 g/mol. The zero-order valence-corrected chi connectivity index (χ0v) is 20.1. The molecule has 2 atom stereocenters. The number of carbonyl (C=O) groups excluding carboxylic acids is 3. The third kappa shape index (κ3) is 5.59. The third-order valence-electron chi connectivity index (χ3n) is 6.20. The molecule has 1 saturated heterocycles.